The van der Waals surface area contributed by atoms with E-state index in [0.29, 0.717) is 0 Å². The van der Waals surface area contributed by atoms with Crippen LogP contribution >= 0.6 is 0 Å². The van der Waals surface area contributed by atoms with Crippen molar-refractivity contribution in [2.45, 2.75) is 39.8 Å². The summed E-state index contributed by atoms with van der Waals surface area (Å²) < 4.78 is 5.44. The highest BCUT2D eigenvalue weighted by Crippen LogP contribution is 2.00. The molecule has 0 fully saturated rings. The van der Waals surface area contributed by atoms with Crippen LogP contribution in [0.1, 0.15) is 33.6 Å². The van der Waals surface area contributed by atoms with Gasteiger partial charge in [0.25, 0.3) is 0 Å². The summed E-state index contributed by atoms with van der Waals surface area (Å²) in [7, 11) is 2.01. The van der Waals surface area contributed by atoms with Crippen molar-refractivity contribution in [3.8, 4) is 0 Å². The molecule has 0 spiro atoms. The molecular weight excluding hydrogens is 162 g/mol. The Morgan fingerprint density at radius 3 is 2.38 bits per heavy atom. The van der Waals surface area contributed by atoms with Gasteiger partial charge < -0.3 is 9.64 Å². The highest BCUT2D eigenvalue weighted by molar-refractivity contribution is 4.81. The number of ether oxygens (including phenoxy) is 1. The molecule has 0 aromatic heterocycles. The fraction of sp³-hybridized carbons (Fsp3) is 0.636. The zero-order chi connectivity index (χ0) is 10.1. The van der Waals surface area contributed by atoms with Gasteiger partial charge in [-0.3, -0.25) is 0 Å². The molecule has 0 aliphatic carbocycles. The minimum absolute atomic E-state index is 0.102. The van der Waals surface area contributed by atoms with Crippen LogP contribution in [-0.4, -0.2) is 18.2 Å². The van der Waals surface area contributed by atoms with Gasteiger partial charge in [0.1, 0.15) is 0 Å². The summed E-state index contributed by atoms with van der Waals surface area (Å²) in [5.74, 6) is 0. The summed E-state index contributed by atoms with van der Waals surface area (Å²) in [6.45, 7) is 6.23. The van der Waals surface area contributed by atoms with Crippen molar-refractivity contribution in [3.63, 3.8) is 0 Å². The van der Waals surface area contributed by atoms with E-state index < -0.39 is 0 Å². The van der Waals surface area contributed by atoms with Crippen LogP contribution in [0.25, 0.3) is 0 Å². The minimum Gasteiger partial charge on any atom is -0.479 e. The lowest BCUT2D eigenvalue weighted by Crippen LogP contribution is -2.24. The predicted octanol–water partition coefficient (Wildman–Crippen LogP) is 3.13. The lowest BCUT2D eigenvalue weighted by molar-refractivity contribution is 0.0533. The van der Waals surface area contributed by atoms with Crippen molar-refractivity contribution in [3.05, 3.63) is 24.6 Å². The fourth-order valence-electron chi connectivity index (χ4n) is 0.754. The Morgan fingerprint density at radius 2 is 1.85 bits per heavy atom. The molecule has 0 heterocycles. The van der Waals surface area contributed by atoms with Crippen LogP contribution in [0, 0.1) is 0 Å². The molecule has 0 aromatic rings. The van der Waals surface area contributed by atoms with E-state index in [9.17, 15) is 0 Å². The first kappa shape index (κ1) is 12.1. The summed E-state index contributed by atoms with van der Waals surface area (Å²) in [6.07, 6.45) is 10.1. The van der Waals surface area contributed by atoms with Crippen molar-refractivity contribution in [1.29, 1.82) is 0 Å². The molecule has 0 saturated heterocycles. The molecule has 0 aromatic carbocycles. The maximum Gasteiger partial charge on any atom is 0.167 e. The average molecular weight is 183 g/mol. The Kier molecular flexibility index (Phi) is 7.17. The third-order valence-electron chi connectivity index (χ3n) is 1.76. The normalized spacial score (nSPS) is 13.8. The number of nitrogens with zero attached hydrogens (tertiary/aromatic N) is 1. The van der Waals surface area contributed by atoms with Crippen molar-refractivity contribution < 1.29 is 4.74 Å². The number of hydrogen-bond donors (Lipinski definition) is 0. The number of allylic oxidation sites excluding steroid dienone is 2. The standard InChI is InChI=1S/C11H21NO/c1-5-7-9-12(4)11(3)13-10-8-6-2/h7-11H,5-6H2,1-4H3. The van der Waals surface area contributed by atoms with E-state index in [1.807, 2.05) is 31.1 Å². The molecular formula is C11H21NO. The van der Waals surface area contributed by atoms with E-state index in [1.54, 1.807) is 6.26 Å². The van der Waals surface area contributed by atoms with Gasteiger partial charge in [-0.2, -0.15) is 0 Å². The van der Waals surface area contributed by atoms with Crippen molar-refractivity contribution >= 4 is 0 Å². The van der Waals surface area contributed by atoms with Gasteiger partial charge in [-0.1, -0.05) is 26.0 Å². The molecule has 76 valence electrons. The second-order valence-electron chi connectivity index (χ2n) is 2.97. The zero-order valence-corrected chi connectivity index (χ0v) is 9.16. The number of hydrogen-bond acceptors (Lipinski definition) is 2. The molecule has 0 bridgehead atoms. The van der Waals surface area contributed by atoms with Gasteiger partial charge in [-0.05, 0) is 26.0 Å². The second-order valence-corrected chi connectivity index (χ2v) is 2.97. The SMILES string of the molecule is CCC=COC(C)N(C)C=CCC. The van der Waals surface area contributed by atoms with Crippen molar-refractivity contribution in [1.82, 2.24) is 4.90 Å². The lowest BCUT2D eigenvalue weighted by atomic mass is 10.4. The average Bonchev–Trinajstić information content (AvgIpc) is 2.14. The Labute approximate surface area is 81.9 Å². The van der Waals surface area contributed by atoms with Gasteiger partial charge in [0.15, 0.2) is 6.23 Å². The molecule has 2 nitrogen and oxygen atoms in total. The Hall–Kier alpha value is -0.920. The summed E-state index contributed by atoms with van der Waals surface area (Å²) in [5, 5.41) is 0. The second kappa shape index (κ2) is 7.71. The summed E-state index contributed by atoms with van der Waals surface area (Å²) >= 11 is 0. The monoisotopic (exact) mass is 183 g/mol. The molecule has 0 rings (SSSR count). The van der Waals surface area contributed by atoms with Crippen molar-refractivity contribution in [2.75, 3.05) is 7.05 Å². The largest absolute Gasteiger partial charge is 0.479 e. The molecule has 0 aliphatic heterocycles. The van der Waals surface area contributed by atoms with E-state index >= 15 is 0 Å². The maximum absolute atomic E-state index is 5.44. The molecule has 13 heavy (non-hydrogen) atoms. The molecule has 2 heteroatoms. The van der Waals surface area contributed by atoms with Crippen molar-refractivity contribution in [2.24, 2.45) is 0 Å². The minimum atomic E-state index is 0.102. The first-order valence-electron chi connectivity index (χ1n) is 4.91. The third kappa shape index (κ3) is 6.26. The zero-order valence-electron chi connectivity index (χ0n) is 9.16. The third-order valence-corrected chi connectivity index (χ3v) is 1.76. The molecule has 0 N–H and O–H groups in total. The highest BCUT2D eigenvalue weighted by Gasteiger charge is 2.01. The van der Waals surface area contributed by atoms with E-state index in [2.05, 4.69) is 19.9 Å². The van der Waals surface area contributed by atoms with Gasteiger partial charge in [0, 0.05) is 7.05 Å². The van der Waals surface area contributed by atoms with E-state index in [4.69, 9.17) is 4.74 Å². The molecule has 0 aliphatic rings. The molecule has 0 radical (unpaired) electrons. The first-order chi connectivity index (χ1) is 6.22. The van der Waals surface area contributed by atoms with Crippen LogP contribution in [0.2, 0.25) is 0 Å². The van der Waals surface area contributed by atoms with Crippen LogP contribution in [0.3, 0.4) is 0 Å². The van der Waals surface area contributed by atoms with Crippen LogP contribution in [0.4, 0.5) is 0 Å². The topological polar surface area (TPSA) is 12.5 Å². The Balaban J connectivity index is 3.74. The van der Waals surface area contributed by atoms with Gasteiger partial charge in [-0.25, -0.2) is 0 Å². The Morgan fingerprint density at radius 1 is 1.23 bits per heavy atom. The molecule has 1 unspecified atom stereocenters. The quantitative estimate of drug-likeness (QED) is 0.463. The van der Waals surface area contributed by atoms with Gasteiger partial charge in [-0.15, -0.1) is 0 Å². The van der Waals surface area contributed by atoms with E-state index in [0.717, 1.165) is 12.8 Å². The smallest absolute Gasteiger partial charge is 0.167 e. The summed E-state index contributed by atoms with van der Waals surface area (Å²) in [4.78, 5) is 2.05. The van der Waals surface area contributed by atoms with Crippen LogP contribution in [0.5, 0.6) is 0 Å². The van der Waals surface area contributed by atoms with Gasteiger partial charge >= 0.3 is 0 Å². The van der Waals surface area contributed by atoms with Gasteiger partial charge in [0.2, 0.25) is 0 Å². The van der Waals surface area contributed by atoms with E-state index in [-0.39, 0.29) is 6.23 Å². The number of rotatable bonds is 6. The first-order valence-corrected chi connectivity index (χ1v) is 4.91. The Bertz CT molecular complexity index is 163. The van der Waals surface area contributed by atoms with E-state index in [1.165, 1.54) is 0 Å². The summed E-state index contributed by atoms with van der Waals surface area (Å²) in [5.41, 5.74) is 0. The van der Waals surface area contributed by atoms with Crippen LogP contribution in [-0.2, 0) is 4.74 Å². The van der Waals surface area contributed by atoms with Gasteiger partial charge in [0.05, 0.1) is 6.26 Å². The predicted molar refractivity (Wildman–Crippen MR) is 57.2 cm³/mol. The summed E-state index contributed by atoms with van der Waals surface area (Å²) in [6, 6.07) is 0. The maximum atomic E-state index is 5.44. The fourth-order valence-corrected chi connectivity index (χ4v) is 0.754. The lowest BCUT2D eigenvalue weighted by Gasteiger charge is -2.22. The van der Waals surface area contributed by atoms with Crippen LogP contribution < -0.4 is 0 Å². The molecule has 0 amide bonds. The molecule has 0 saturated carbocycles. The molecule has 1 atom stereocenters. The highest BCUT2D eigenvalue weighted by atomic mass is 16.5. The van der Waals surface area contributed by atoms with Crippen LogP contribution in [0.15, 0.2) is 24.6 Å².